The highest BCUT2D eigenvalue weighted by Gasteiger charge is 2.31. The van der Waals surface area contributed by atoms with Crippen molar-refractivity contribution in [2.24, 2.45) is 0 Å². The number of carboxylic acid groups (broad SMARTS) is 1. The maximum Gasteiger partial charge on any atom is 0.411 e. The lowest BCUT2D eigenvalue weighted by Crippen LogP contribution is -2.42. The van der Waals surface area contributed by atoms with Crippen molar-refractivity contribution in [1.29, 1.82) is 0 Å². The van der Waals surface area contributed by atoms with E-state index in [9.17, 15) is 19.5 Å². The number of carboxylic acids is 1. The van der Waals surface area contributed by atoms with Gasteiger partial charge in [0.1, 0.15) is 17.4 Å². The zero-order valence-electron chi connectivity index (χ0n) is 30.8. The van der Waals surface area contributed by atoms with Gasteiger partial charge in [-0.25, -0.2) is 9.59 Å². The fourth-order valence-corrected chi connectivity index (χ4v) is 6.93. The van der Waals surface area contributed by atoms with Gasteiger partial charge in [-0.05, 0) is 48.8 Å². The molecule has 276 valence electrons. The van der Waals surface area contributed by atoms with Crippen LogP contribution < -0.4 is 15.0 Å². The number of unbranched alkanes of at least 4 members (excludes halogenated alkanes) is 2. The van der Waals surface area contributed by atoms with Crippen LogP contribution in [0.25, 0.3) is 11.1 Å². The van der Waals surface area contributed by atoms with Crippen molar-refractivity contribution in [2.75, 3.05) is 64.1 Å². The predicted octanol–water partition coefficient (Wildman–Crippen LogP) is 8.18. The number of likely N-dealkylation sites (tertiary alicyclic amines) is 1. The summed E-state index contributed by atoms with van der Waals surface area (Å²) in [6.45, 7) is 9.77. The average molecular weight is 721 g/mol. The number of amides is 2. The second kappa shape index (κ2) is 18.3. The van der Waals surface area contributed by atoms with E-state index in [0.717, 1.165) is 79.8 Å². The van der Waals surface area contributed by atoms with Crippen molar-refractivity contribution >= 4 is 40.9 Å². The molecule has 11 heteroatoms. The Hall–Kier alpha value is -4.28. The van der Waals surface area contributed by atoms with E-state index in [2.05, 4.69) is 15.1 Å². The second-order valence-corrected chi connectivity index (χ2v) is 14.7. The molecule has 0 radical (unpaired) electrons. The van der Waals surface area contributed by atoms with E-state index in [0.29, 0.717) is 30.3 Å². The van der Waals surface area contributed by atoms with E-state index in [1.807, 2.05) is 89.5 Å². The summed E-state index contributed by atoms with van der Waals surface area (Å²) >= 11 is 6.65. The monoisotopic (exact) mass is 720 g/mol. The fourth-order valence-electron chi connectivity index (χ4n) is 6.59. The van der Waals surface area contributed by atoms with Gasteiger partial charge in [-0.3, -0.25) is 10.1 Å². The highest BCUT2D eigenvalue weighted by Crippen LogP contribution is 2.45. The maximum atomic E-state index is 12.9. The van der Waals surface area contributed by atoms with Gasteiger partial charge in [-0.15, -0.1) is 0 Å². The molecule has 0 atom stereocenters. The number of hydrogen-bond donors (Lipinski definition) is 2. The highest BCUT2D eigenvalue weighted by atomic mass is 35.5. The zero-order valence-corrected chi connectivity index (χ0v) is 31.6. The van der Waals surface area contributed by atoms with Crippen LogP contribution in [-0.4, -0.2) is 92.9 Å². The molecule has 10 nitrogen and oxygen atoms in total. The van der Waals surface area contributed by atoms with E-state index >= 15 is 0 Å². The Morgan fingerprint density at radius 1 is 0.961 bits per heavy atom. The Morgan fingerprint density at radius 3 is 2.27 bits per heavy atom. The van der Waals surface area contributed by atoms with E-state index in [-0.39, 0.29) is 17.6 Å². The molecule has 1 aliphatic rings. The summed E-state index contributed by atoms with van der Waals surface area (Å²) in [7, 11) is 5.29. The minimum atomic E-state index is -1.08. The predicted molar refractivity (Wildman–Crippen MR) is 204 cm³/mol. The molecule has 1 saturated heterocycles. The minimum absolute atomic E-state index is 0.0484. The Bertz CT molecular complexity index is 1640. The van der Waals surface area contributed by atoms with E-state index in [1.165, 1.54) is 13.2 Å². The number of rotatable bonds is 15. The molecule has 0 aromatic heterocycles. The quantitative estimate of drug-likeness (QED) is 0.151. The van der Waals surface area contributed by atoms with Crippen molar-refractivity contribution in [1.82, 2.24) is 9.80 Å². The van der Waals surface area contributed by atoms with Gasteiger partial charge in [0, 0.05) is 64.4 Å². The van der Waals surface area contributed by atoms with Crippen LogP contribution >= 0.6 is 11.6 Å². The number of hydrogen-bond acceptors (Lipinski definition) is 7. The molecular formula is C40H53ClN4O6. The summed E-state index contributed by atoms with van der Waals surface area (Å²) in [4.78, 5) is 43.7. The Balaban J connectivity index is 1.15. The number of carbonyl (C=O) groups excluding carboxylic acids is 2. The SMILES string of the molecule is COc1c(C(=O)O)cc(Cl)c(N(C)CCCCCC(=O)N(C)CCN2CCC(OC(=O)Nc3ccccc3-c3ccccc3)CC2)c1C(C)(C)C. The van der Waals surface area contributed by atoms with Crippen molar-refractivity contribution < 1.29 is 29.0 Å². The Kier molecular flexibility index (Phi) is 14.2. The number of carbonyl (C=O) groups is 3. The van der Waals surface area contributed by atoms with Gasteiger partial charge in [0.05, 0.1) is 23.5 Å². The number of benzene rings is 3. The van der Waals surface area contributed by atoms with Crippen molar-refractivity contribution in [3.63, 3.8) is 0 Å². The van der Waals surface area contributed by atoms with Crippen LogP contribution in [0.5, 0.6) is 5.75 Å². The number of methoxy groups -OCH3 is 1. The topological polar surface area (TPSA) is 112 Å². The molecule has 0 unspecified atom stereocenters. The molecule has 0 spiro atoms. The van der Waals surface area contributed by atoms with Crippen LogP contribution in [0, 0.1) is 0 Å². The van der Waals surface area contributed by atoms with Gasteiger partial charge in [0.15, 0.2) is 0 Å². The summed E-state index contributed by atoms with van der Waals surface area (Å²) in [6, 6.07) is 19.1. The number of halogens is 1. The first kappa shape index (κ1) is 39.5. The summed E-state index contributed by atoms with van der Waals surface area (Å²) in [5.41, 5.74) is 3.86. The molecule has 1 aliphatic heterocycles. The summed E-state index contributed by atoms with van der Waals surface area (Å²) < 4.78 is 11.4. The van der Waals surface area contributed by atoms with Crippen LogP contribution in [0.4, 0.5) is 16.2 Å². The first-order valence-electron chi connectivity index (χ1n) is 17.7. The molecule has 4 rings (SSSR count). The van der Waals surface area contributed by atoms with E-state index < -0.39 is 17.5 Å². The summed E-state index contributed by atoms with van der Waals surface area (Å²) in [5.74, 6) is -0.626. The van der Waals surface area contributed by atoms with Crippen molar-refractivity contribution in [3.8, 4) is 16.9 Å². The highest BCUT2D eigenvalue weighted by molar-refractivity contribution is 6.34. The minimum Gasteiger partial charge on any atom is -0.495 e. The van der Waals surface area contributed by atoms with Crippen LogP contribution in [0.1, 0.15) is 75.2 Å². The number of aromatic carboxylic acids is 1. The number of anilines is 2. The molecule has 1 heterocycles. The molecule has 3 aromatic rings. The van der Waals surface area contributed by atoms with Crippen LogP contribution in [0.15, 0.2) is 60.7 Å². The van der Waals surface area contributed by atoms with Crippen molar-refractivity contribution in [2.45, 2.75) is 70.8 Å². The normalized spacial score (nSPS) is 13.8. The van der Waals surface area contributed by atoms with Gasteiger partial charge in [0.25, 0.3) is 0 Å². The number of likely N-dealkylation sites (N-methyl/N-ethyl adjacent to an activating group) is 1. The van der Waals surface area contributed by atoms with Gasteiger partial charge in [-0.2, -0.15) is 0 Å². The van der Waals surface area contributed by atoms with E-state index in [1.54, 1.807) is 4.90 Å². The lowest BCUT2D eigenvalue weighted by molar-refractivity contribution is -0.130. The van der Waals surface area contributed by atoms with E-state index in [4.69, 9.17) is 21.1 Å². The van der Waals surface area contributed by atoms with Gasteiger partial charge in [0.2, 0.25) is 5.91 Å². The molecule has 2 N–H and O–H groups in total. The molecule has 0 aliphatic carbocycles. The maximum absolute atomic E-state index is 12.9. The molecule has 1 fully saturated rings. The number of para-hydroxylation sites is 1. The number of nitrogens with zero attached hydrogens (tertiary/aromatic N) is 3. The number of piperidine rings is 1. The third-order valence-electron chi connectivity index (χ3n) is 9.39. The van der Waals surface area contributed by atoms with Crippen LogP contribution in [-0.2, 0) is 14.9 Å². The fraction of sp³-hybridized carbons (Fsp3) is 0.475. The van der Waals surface area contributed by atoms with Crippen molar-refractivity contribution in [3.05, 3.63) is 76.8 Å². The number of nitrogens with one attached hydrogen (secondary N) is 1. The Labute approximate surface area is 307 Å². The molecule has 2 amide bonds. The average Bonchev–Trinajstić information content (AvgIpc) is 3.10. The third-order valence-corrected chi connectivity index (χ3v) is 9.68. The lowest BCUT2D eigenvalue weighted by atomic mass is 9.83. The largest absolute Gasteiger partial charge is 0.495 e. The Morgan fingerprint density at radius 2 is 1.63 bits per heavy atom. The van der Waals surface area contributed by atoms with Crippen LogP contribution in [0.2, 0.25) is 5.02 Å². The van der Waals surface area contributed by atoms with Gasteiger partial charge in [-0.1, -0.05) is 87.3 Å². The first-order chi connectivity index (χ1) is 24.3. The van der Waals surface area contributed by atoms with Gasteiger partial charge >= 0.3 is 12.1 Å². The first-order valence-corrected chi connectivity index (χ1v) is 18.1. The molecule has 0 bridgehead atoms. The zero-order chi connectivity index (χ0) is 37.1. The third kappa shape index (κ3) is 10.9. The second-order valence-electron chi connectivity index (χ2n) is 14.2. The number of ether oxygens (including phenoxy) is 2. The molecule has 51 heavy (non-hydrogen) atoms. The molecule has 3 aromatic carbocycles. The lowest BCUT2D eigenvalue weighted by Gasteiger charge is -2.32. The van der Waals surface area contributed by atoms with Crippen LogP contribution in [0.3, 0.4) is 0 Å². The summed E-state index contributed by atoms with van der Waals surface area (Å²) in [5, 5.41) is 13.0. The van der Waals surface area contributed by atoms with Gasteiger partial charge < -0.3 is 29.3 Å². The standard InChI is InChI=1S/C40H53ClN4O6/c1-40(2,3)35-36(32(41)27-31(38(47)48)37(35)50-6)44(5)22-14-8-11-19-34(46)43(4)25-26-45-23-20-29(21-24-45)51-39(49)42-33-18-13-12-17-30(33)28-15-9-7-10-16-28/h7,9-10,12-13,15-18,27,29H,8,11,14,19-26H2,1-6H3,(H,42,49)(H,47,48). The smallest absolute Gasteiger partial charge is 0.411 e. The summed E-state index contributed by atoms with van der Waals surface area (Å²) in [6.07, 6.45) is 3.89. The molecular weight excluding hydrogens is 668 g/mol. The molecule has 0 saturated carbocycles.